The van der Waals surface area contributed by atoms with E-state index in [1.165, 1.54) is 0 Å². The molecule has 3 rings (SSSR count). The van der Waals surface area contributed by atoms with Gasteiger partial charge in [0, 0.05) is 5.39 Å². The lowest BCUT2D eigenvalue weighted by Crippen LogP contribution is -2.26. The van der Waals surface area contributed by atoms with Gasteiger partial charge in [0.2, 0.25) is 0 Å². The van der Waals surface area contributed by atoms with Crippen molar-refractivity contribution < 1.29 is 19.4 Å². The molecule has 0 aliphatic heterocycles. The molecular formula is C19H14O4. The standard InChI is InChI=1S/C19H14O4/c20-18(21)17(14-8-2-1-3-9-14)19(22)23-16-12-6-10-13-7-4-5-11-15(13)16/h1-12,17H,(H,20,21). The maximum absolute atomic E-state index is 12.4. The second kappa shape index (κ2) is 6.32. The number of carbonyl (C=O) groups excluding carboxylic acids is 1. The van der Waals surface area contributed by atoms with Gasteiger partial charge in [0.15, 0.2) is 5.92 Å². The summed E-state index contributed by atoms with van der Waals surface area (Å²) >= 11 is 0. The summed E-state index contributed by atoms with van der Waals surface area (Å²) in [6.07, 6.45) is 0. The molecule has 0 amide bonds. The van der Waals surface area contributed by atoms with E-state index in [1.807, 2.05) is 30.3 Å². The number of aliphatic carboxylic acids is 1. The number of carbonyl (C=O) groups is 2. The molecule has 1 N–H and O–H groups in total. The first-order valence-corrected chi connectivity index (χ1v) is 7.14. The molecule has 3 aromatic carbocycles. The molecular weight excluding hydrogens is 292 g/mol. The SMILES string of the molecule is O=C(O)C(C(=O)Oc1cccc2ccccc12)c1ccccc1. The number of esters is 1. The van der Waals surface area contributed by atoms with E-state index in [0.29, 0.717) is 11.3 Å². The van der Waals surface area contributed by atoms with Crippen LogP contribution in [-0.2, 0) is 9.59 Å². The average Bonchev–Trinajstić information content (AvgIpc) is 2.56. The summed E-state index contributed by atoms with van der Waals surface area (Å²) in [5.74, 6) is -3.04. The molecule has 0 spiro atoms. The minimum Gasteiger partial charge on any atom is -0.480 e. The Balaban J connectivity index is 1.94. The van der Waals surface area contributed by atoms with Gasteiger partial charge in [0.25, 0.3) is 0 Å². The van der Waals surface area contributed by atoms with E-state index in [2.05, 4.69) is 0 Å². The second-order valence-corrected chi connectivity index (χ2v) is 5.08. The fourth-order valence-corrected chi connectivity index (χ4v) is 2.48. The van der Waals surface area contributed by atoms with Crippen LogP contribution in [0.25, 0.3) is 10.8 Å². The Bertz CT molecular complexity index is 850. The zero-order chi connectivity index (χ0) is 16.2. The molecule has 0 aliphatic rings. The van der Waals surface area contributed by atoms with Crippen LogP contribution in [-0.4, -0.2) is 17.0 Å². The Hall–Kier alpha value is -3.14. The van der Waals surface area contributed by atoms with Crippen molar-refractivity contribution in [2.45, 2.75) is 5.92 Å². The highest BCUT2D eigenvalue weighted by Gasteiger charge is 2.30. The van der Waals surface area contributed by atoms with E-state index in [0.717, 1.165) is 10.8 Å². The third kappa shape index (κ3) is 3.06. The van der Waals surface area contributed by atoms with Crippen molar-refractivity contribution in [3.63, 3.8) is 0 Å². The zero-order valence-corrected chi connectivity index (χ0v) is 12.2. The lowest BCUT2D eigenvalue weighted by Gasteiger charge is -2.13. The van der Waals surface area contributed by atoms with Gasteiger partial charge in [-0.15, -0.1) is 0 Å². The van der Waals surface area contributed by atoms with Crippen LogP contribution in [0.2, 0.25) is 0 Å². The fourth-order valence-electron chi connectivity index (χ4n) is 2.48. The minimum absolute atomic E-state index is 0.357. The largest absolute Gasteiger partial charge is 0.480 e. The summed E-state index contributed by atoms with van der Waals surface area (Å²) in [5, 5.41) is 11.1. The molecule has 0 bridgehead atoms. The van der Waals surface area contributed by atoms with E-state index in [4.69, 9.17) is 4.74 Å². The maximum atomic E-state index is 12.4. The third-order valence-electron chi connectivity index (χ3n) is 3.58. The Kier molecular flexibility index (Phi) is 4.06. The predicted molar refractivity (Wildman–Crippen MR) is 86.4 cm³/mol. The van der Waals surface area contributed by atoms with Crippen LogP contribution in [0.15, 0.2) is 72.8 Å². The summed E-state index contributed by atoms with van der Waals surface area (Å²) in [5.41, 5.74) is 0.394. The van der Waals surface area contributed by atoms with Crippen molar-refractivity contribution in [1.82, 2.24) is 0 Å². The molecule has 4 nitrogen and oxygen atoms in total. The van der Waals surface area contributed by atoms with E-state index >= 15 is 0 Å². The molecule has 0 radical (unpaired) electrons. The van der Waals surface area contributed by atoms with Gasteiger partial charge in [-0.05, 0) is 17.0 Å². The van der Waals surface area contributed by atoms with Crippen molar-refractivity contribution in [3.05, 3.63) is 78.4 Å². The highest BCUT2D eigenvalue weighted by Crippen LogP contribution is 2.27. The molecule has 0 fully saturated rings. The fraction of sp³-hybridized carbons (Fsp3) is 0.0526. The number of carboxylic acid groups (broad SMARTS) is 1. The third-order valence-corrected chi connectivity index (χ3v) is 3.58. The number of ether oxygens (including phenoxy) is 1. The van der Waals surface area contributed by atoms with Gasteiger partial charge in [-0.2, -0.15) is 0 Å². The summed E-state index contributed by atoms with van der Waals surface area (Å²) in [6.45, 7) is 0. The summed E-state index contributed by atoms with van der Waals surface area (Å²) < 4.78 is 5.39. The molecule has 23 heavy (non-hydrogen) atoms. The van der Waals surface area contributed by atoms with Gasteiger partial charge in [-0.25, -0.2) is 0 Å². The lowest BCUT2D eigenvalue weighted by atomic mass is 9.99. The summed E-state index contributed by atoms with van der Waals surface area (Å²) in [4.78, 5) is 23.9. The highest BCUT2D eigenvalue weighted by atomic mass is 16.5. The first-order chi connectivity index (χ1) is 11.2. The van der Waals surface area contributed by atoms with E-state index < -0.39 is 17.9 Å². The van der Waals surface area contributed by atoms with Gasteiger partial charge >= 0.3 is 11.9 Å². The lowest BCUT2D eigenvalue weighted by molar-refractivity contribution is -0.148. The minimum atomic E-state index is -1.35. The Morgan fingerprint density at radius 1 is 0.826 bits per heavy atom. The number of hydrogen-bond acceptors (Lipinski definition) is 3. The van der Waals surface area contributed by atoms with Gasteiger partial charge in [0.1, 0.15) is 5.75 Å². The van der Waals surface area contributed by atoms with Crippen molar-refractivity contribution in [2.75, 3.05) is 0 Å². The molecule has 0 aromatic heterocycles. The number of benzene rings is 3. The number of carboxylic acids is 1. The molecule has 0 heterocycles. The van der Waals surface area contributed by atoms with Crippen LogP contribution in [0.3, 0.4) is 0 Å². The molecule has 4 heteroatoms. The molecule has 114 valence electrons. The number of rotatable bonds is 4. The van der Waals surface area contributed by atoms with Crippen LogP contribution in [0.5, 0.6) is 5.75 Å². The second-order valence-electron chi connectivity index (χ2n) is 5.08. The smallest absolute Gasteiger partial charge is 0.330 e. The van der Waals surface area contributed by atoms with Gasteiger partial charge < -0.3 is 9.84 Å². The van der Waals surface area contributed by atoms with E-state index in [1.54, 1.807) is 42.5 Å². The molecule has 3 aromatic rings. The topological polar surface area (TPSA) is 63.6 Å². The highest BCUT2D eigenvalue weighted by molar-refractivity contribution is 6.02. The van der Waals surface area contributed by atoms with Crippen molar-refractivity contribution >= 4 is 22.7 Å². The quantitative estimate of drug-likeness (QED) is 0.454. The Morgan fingerprint density at radius 3 is 2.22 bits per heavy atom. The first-order valence-electron chi connectivity index (χ1n) is 7.14. The van der Waals surface area contributed by atoms with Gasteiger partial charge in [-0.1, -0.05) is 66.7 Å². The maximum Gasteiger partial charge on any atom is 0.330 e. The van der Waals surface area contributed by atoms with Crippen LogP contribution >= 0.6 is 0 Å². The monoisotopic (exact) mass is 306 g/mol. The summed E-state index contributed by atoms with van der Waals surface area (Å²) in [7, 11) is 0. The van der Waals surface area contributed by atoms with Crippen molar-refractivity contribution in [1.29, 1.82) is 0 Å². The predicted octanol–water partition coefficient (Wildman–Crippen LogP) is 3.61. The first kappa shape index (κ1) is 14.8. The average molecular weight is 306 g/mol. The van der Waals surface area contributed by atoms with Gasteiger partial charge in [0.05, 0.1) is 0 Å². The molecule has 1 unspecified atom stereocenters. The molecule has 0 saturated carbocycles. The normalized spacial score (nSPS) is 11.8. The van der Waals surface area contributed by atoms with E-state index in [9.17, 15) is 14.7 Å². The van der Waals surface area contributed by atoms with Crippen LogP contribution in [0.4, 0.5) is 0 Å². The van der Waals surface area contributed by atoms with Crippen LogP contribution in [0.1, 0.15) is 11.5 Å². The Labute approximate surface area is 132 Å². The van der Waals surface area contributed by atoms with Crippen molar-refractivity contribution in [3.8, 4) is 5.75 Å². The van der Waals surface area contributed by atoms with E-state index in [-0.39, 0.29) is 0 Å². The van der Waals surface area contributed by atoms with Crippen LogP contribution < -0.4 is 4.74 Å². The molecule has 1 atom stereocenters. The van der Waals surface area contributed by atoms with Gasteiger partial charge in [-0.3, -0.25) is 9.59 Å². The zero-order valence-electron chi connectivity index (χ0n) is 12.2. The molecule has 0 aliphatic carbocycles. The number of hydrogen-bond donors (Lipinski definition) is 1. The Morgan fingerprint density at radius 2 is 1.48 bits per heavy atom. The summed E-state index contributed by atoms with van der Waals surface area (Å²) in [6, 6.07) is 21.1. The van der Waals surface area contributed by atoms with Crippen molar-refractivity contribution in [2.24, 2.45) is 0 Å². The molecule has 0 saturated heterocycles. The van der Waals surface area contributed by atoms with Crippen LogP contribution in [0, 0.1) is 0 Å². The number of fused-ring (bicyclic) bond motifs is 1.